The Morgan fingerprint density at radius 1 is 1.00 bits per heavy atom. The molecule has 0 bridgehead atoms. The van der Waals surface area contributed by atoms with Gasteiger partial charge in [-0.15, -0.1) is 5.10 Å². The van der Waals surface area contributed by atoms with Crippen molar-refractivity contribution in [2.45, 2.75) is 57.7 Å². The molecule has 1 aliphatic rings. The summed E-state index contributed by atoms with van der Waals surface area (Å²) in [7, 11) is 1.56. The lowest BCUT2D eigenvalue weighted by atomic mass is 9.94. The maximum atomic E-state index is 14.2. The van der Waals surface area contributed by atoms with Crippen LogP contribution in [0.5, 0.6) is 5.75 Å². The van der Waals surface area contributed by atoms with Crippen LogP contribution >= 0.6 is 0 Å². The Labute approximate surface area is 233 Å². The van der Waals surface area contributed by atoms with E-state index in [1.54, 1.807) is 43.5 Å². The Kier molecular flexibility index (Phi) is 8.19. The summed E-state index contributed by atoms with van der Waals surface area (Å²) in [6, 6.07) is 20.4. The van der Waals surface area contributed by atoms with Crippen molar-refractivity contribution in [1.82, 2.24) is 20.3 Å². The summed E-state index contributed by atoms with van der Waals surface area (Å²) < 4.78 is 7.00. The molecule has 9 heteroatoms. The number of hydrogen-bond donors (Lipinski definition) is 1. The van der Waals surface area contributed by atoms with E-state index in [0.717, 1.165) is 32.1 Å². The van der Waals surface area contributed by atoms with Crippen LogP contribution in [0.4, 0.5) is 5.69 Å². The van der Waals surface area contributed by atoms with Gasteiger partial charge in [-0.2, -0.15) is 0 Å². The lowest BCUT2D eigenvalue weighted by Crippen LogP contribution is -2.48. The van der Waals surface area contributed by atoms with Crippen LogP contribution in [0.25, 0.3) is 11.0 Å². The molecule has 1 fully saturated rings. The van der Waals surface area contributed by atoms with Gasteiger partial charge in [0.15, 0.2) is 5.78 Å². The van der Waals surface area contributed by atoms with E-state index in [1.807, 2.05) is 36.4 Å². The number of Topliss-reactive ketones (excluding diaryl/α,β-unsaturated/α-hetero) is 1. The first kappa shape index (κ1) is 27.1. The zero-order valence-corrected chi connectivity index (χ0v) is 22.7. The summed E-state index contributed by atoms with van der Waals surface area (Å²) in [5.41, 5.74) is 3.01. The summed E-state index contributed by atoms with van der Waals surface area (Å²) in [6.45, 7) is 1.36. The molecule has 40 heavy (non-hydrogen) atoms. The predicted octanol–water partition coefficient (Wildman–Crippen LogP) is 4.87. The Morgan fingerprint density at radius 2 is 1.75 bits per heavy atom. The summed E-state index contributed by atoms with van der Waals surface area (Å²) in [5, 5.41) is 11.6. The molecular weight excluding hydrogens is 506 g/mol. The molecule has 5 rings (SSSR count). The Hall–Kier alpha value is -4.53. The number of amides is 2. The first-order chi connectivity index (χ1) is 19.4. The van der Waals surface area contributed by atoms with E-state index in [4.69, 9.17) is 4.74 Å². The lowest BCUT2D eigenvalue weighted by molar-refractivity contribution is -0.127. The third kappa shape index (κ3) is 5.88. The van der Waals surface area contributed by atoms with Crippen LogP contribution in [0.1, 0.15) is 61.0 Å². The quantitative estimate of drug-likeness (QED) is 0.304. The van der Waals surface area contributed by atoms with Gasteiger partial charge < -0.3 is 10.1 Å². The Balaban J connectivity index is 1.58. The van der Waals surface area contributed by atoms with E-state index < -0.39 is 6.04 Å². The second-order valence-corrected chi connectivity index (χ2v) is 10.1. The van der Waals surface area contributed by atoms with Crippen LogP contribution < -0.4 is 15.0 Å². The Bertz CT molecular complexity index is 1510. The van der Waals surface area contributed by atoms with Crippen molar-refractivity contribution in [1.29, 1.82) is 0 Å². The third-order valence-electron chi connectivity index (χ3n) is 7.39. The molecule has 1 aliphatic carbocycles. The molecule has 1 heterocycles. The zero-order valence-electron chi connectivity index (χ0n) is 22.7. The second kappa shape index (κ2) is 12.1. The van der Waals surface area contributed by atoms with Gasteiger partial charge in [-0.1, -0.05) is 48.7 Å². The van der Waals surface area contributed by atoms with Crippen LogP contribution in [-0.2, 0) is 16.1 Å². The van der Waals surface area contributed by atoms with E-state index >= 15 is 0 Å². The molecule has 1 atom stereocenters. The number of benzene rings is 3. The topological polar surface area (TPSA) is 106 Å². The molecule has 0 radical (unpaired) electrons. The fourth-order valence-electron chi connectivity index (χ4n) is 5.29. The average molecular weight is 540 g/mol. The number of anilines is 1. The molecule has 0 spiro atoms. The molecule has 1 aromatic heterocycles. The van der Waals surface area contributed by atoms with Gasteiger partial charge in [-0.3, -0.25) is 19.3 Å². The van der Waals surface area contributed by atoms with Gasteiger partial charge in [0.25, 0.3) is 0 Å². The van der Waals surface area contributed by atoms with Crippen LogP contribution in [0, 0.1) is 0 Å². The van der Waals surface area contributed by atoms with Crippen molar-refractivity contribution < 1.29 is 19.1 Å². The summed E-state index contributed by atoms with van der Waals surface area (Å²) in [6.07, 6.45) is 5.09. The van der Waals surface area contributed by atoms with Crippen molar-refractivity contribution in [3.8, 4) is 5.75 Å². The normalized spacial score (nSPS) is 14.4. The second-order valence-electron chi connectivity index (χ2n) is 10.1. The van der Waals surface area contributed by atoms with Gasteiger partial charge in [0.2, 0.25) is 11.8 Å². The number of rotatable bonds is 9. The fourth-order valence-corrected chi connectivity index (χ4v) is 5.29. The highest BCUT2D eigenvalue weighted by Gasteiger charge is 2.35. The average Bonchev–Trinajstić information content (AvgIpc) is 3.38. The number of ether oxygens (including phenoxy) is 1. The molecule has 206 valence electrons. The monoisotopic (exact) mass is 539 g/mol. The van der Waals surface area contributed by atoms with Crippen molar-refractivity contribution in [3.63, 3.8) is 0 Å². The van der Waals surface area contributed by atoms with Crippen LogP contribution in [0.15, 0.2) is 72.8 Å². The summed E-state index contributed by atoms with van der Waals surface area (Å²) >= 11 is 0. The SMILES string of the molecule is COc1cccc([C@H](C(=O)NC2CCCCC2)N(C(=O)Cn2nnc3ccccc32)c2ccc(C(C)=O)cc2)c1. The molecular formula is C31H33N5O4. The van der Waals surface area contributed by atoms with Crippen molar-refractivity contribution >= 4 is 34.3 Å². The van der Waals surface area contributed by atoms with E-state index in [9.17, 15) is 14.4 Å². The third-order valence-corrected chi connectivity index (χ3v) is 7.39. The predicted molar refractivity (Wildman–Crippen MR) is 152 cm³/mol. The maximum Gasteiger partial charge on any atom is 0.249 e. The summed E-state index contributed by atoms with van der Waals surface area (Å²) in [4.78, 5) is 41.8. The van der Waals surface area contributed by atoms with Crippen molar-refractivity contribution in [2.75, 3.05) is 12.0 Å². The molecule has 0 aliphatic heterocycles. The van der Waals surface area contributed by atoms with Crippen LogP contribution in [0.3, 0.4) is 0 Å². The molecule has 3 aromatic carbocycles. The Morgan fingerprint density at radius 3 is 2.48 bits per heavy atom. The molecule has 0 saturated heterocycles. The van der Waals surface area contributed by atoms with Gasteiger partial charge in [0, 0.05) is 17.3 Å². The minimum Gasteiger partial charge on any atom is -0.497 e. The van der Waals surface area contributed by atoms with E-state index in [0.29, 0.717) is 33.6 Å². The minimum absolute atomic E-state index is 0.0469. The van der Waals surface area contributed by atoms with Gasteiger partial charge in [-0.05, 0) is 73.9 Å². The van der Waals surface area contributed by atoms with Crippen LogP contribution in [0.2, 0.25) is 0 Å². The molecule has 0 unspecified atom stereocenters. The van der Waals surface area contributed by atoms with Gasteiger partial charge in [0.1, 0.15) is 23.9 Å². The standard InChI is InChI=1S/C31H33N5O4/c1-21(37)22-15-17-25(18-16-22)36(29(38)20-35-28-14-7-6-13-27(28)33-34-35)30(23-9-8-12-26(19-23)40-2)31(39)32-24-10-4-3-5-11-24/h6-9,12-19,24,30H,3-5,10-11,20H2,1-2H3,(H,32,39)/t30-/m1/s1. The number of carbonyl (C=O) groups is 3. The number of para-hydroxylation sites is 1. The molecule has 1 saturated carbocycles. The van der Waals surface area contributed by atoms with Gasteiger partial charge in [0.05, 0.1) is 12.6 Å². The highest BCUT2D eigenvalue weighted by Crippen LogP contribution is 2.32. The highest BCUT2D eigenvalue weighted by molar-refractivity contribution is 6.02. The number of fused-ring (bicyclic) bond motifs is 1. The number of nitrogens with one attached hydrogen (secondary N) is 1. The van der Waals surface area contributed by atoms with Crippen molar-refractivity contribution in [3.05, 3.63) is 83.9 Å². The molecule has 9 nitrogen and oxygen atoms in total. The van der Waals surface area contributed by atoms with Crippen LogP contribution in [-0.4, -0.2) is 45.7 Å². The van der Waals surface area contributed by atoms with Gasteiger partial charge in [-0.25, -0.2) is 4.68 Å². The molecule has 1 N–H and O–H groups in total. The van der Waals surface area contributed by atoms with E-state index in [1.165, 1.54) is 16.5 Å². The minimum atomic E-state index is -0.984. The zero-order chi connectivity index (χ0) is 28.1. The number of aromatic nitrogens is 3. The number of carbonyl (C=O) groups excluding carboxylic acids is 3. The van der Waals surface area contributed by atoms with Crippen molar-refractivity contribution in [2.24, 2.45) is 0 Å². The number of ketones is 1. The number of methoxy groups -OCH3 is 1. The largest absolute Gasteiger partial charge is 0.497 e. The first-order valence-corrected chi connectivity index (χ1v) is 13.6. The van der Waals surface area contributed by atoms with Gasteiger partial charge >= 0.3 is 0 Å². The molecule has 2 amide bonds. The number of hydrogen-bond acceptors (Lipinski definition) is 6. The lowest BCUT2D eigenvalue weighted by Gasteiger charge is -2.33. The maximum absolute atomic E-state index is 14.2. The molecule has 4 aromatic rings. The number of nitrogens with zero attached hydrogens (tertiary/aromatic N) is 4. The highest BCUT2D eigenvalue weighted by atomic mass is 16.5. The summed E-state index contributed by atoms with van der Waals surface area (Å²) in [5.74, 6) is -0.127. The fraction of sp³-hybridized carbons (Fsp3) is 0.323. The first-order valence-electron chi connectivity index (χ1n) is 13.6. The van der Waals surface area contributed by atoms with E-state index in [2.05, 4.69) is 15.6 Å². The smallest absolute Gasteiger partial charge is 0.249 e. The van der Waals surface area contributed by atoms with E-state index in [-0.39, 0.29) is 30.2 Å².